The molecule has 1 aromatic rings. The third kappa shape index (κ3) is 3.65. The summed E-state index contributed by atoms with van der Waals surface area (Å²) in [5.74, 6) is 0.631. The molecule has 0 aliphatic rings. The minimum absolute atomic E-state index is 0.286. The number of benzene rings is 1. The van der Waals surface area contributed by atoms with E-state index in [4.69, 9.17) is 23.2 Å². The van der Waals surface area contributed by atoms with Crippen molar-refractivity contribution in [1.29, 1.82) is 0 Å². The Labute approximate surface area is 108 Å². The lowest BCUT2D eigenvalue weighted by Gasteiger charge is -2.20. The molecule has 16 heavy (non-hydrogen) atoms. The summed E-state index contributed by atoms with van der Waals surface area (Å²) in [5.41, 5.74) is 1.09. The van der Waals surface area contributed by atoms with Crippen molar-refractivity contribution < 1.29 is 0 Å². The van der Waals surface area contributed by atoms with Gasteiger partial charge in [-0.05, 0) is 30.5 Å². The largest absolute Gasteiger partial charge is 0.310 e. The summed E-state index contributed by atoms with van der Waals surface area (Å²) < 4.78 is 0. The Kier molecular flexibility index (Phi) is 5.60. The molecule has 1 atom stereocenters. The Bertz CT molecular complexity index is 337. The van der Waals surface area contributed by atoms with Gasteiger partial charge in [-0.1, -0.05) is 56.1 Å². The first kappa shape index (κ1) is 13.8. The molecule has 0 fully saturated rings. The lowest BCUT2D eigenvalue weighted by atomic mass is 10.0. The van der Waals surface area contributed by atoms with Crippen LogP contribution in [0.5, 0.6) is 0 Å². The maximum Gasteiger partial charge on any atom is 0.0640 e. The van der Waals surface area contributed by atoms with E-state index in [9.17, 15) is 0 Å². The van der Waals surface area contributed by atoms with E-state index < -0.39 is 0 Å². The second-order valence-electron chi connectivity index (χ2n) is 4.41. The summed E-state index contributed by atoms with van der Waals surface area (Å²) in [4.78, 5) is 0. The predicted molar refractivity (Wildman–Crippen MR) is 72.3 cm³/mol. The van der Waals surface area contributed by atoms with Gasteiger partial charge in [0.2, 0.25) is 0 Å². The van der Waals surface area contributed by atoms with Crippen LogP contribution in [0.15, 0.2) is 18.2 Å². The molecular weight excluding hydrogens is 241 g/mol. The lowest BCUT2D eigenvalue weighted by Crippen LogP contribution is -2.25. The van der Waals surface area contributed by atoms with E-state index in [0.29, 0.717) is 16.0 Å². The van der Waals surface area contributed by atoms with Crippen LogP contribution in [-0.2, 0) is 0 Å². The number of hydrogen-bond acceptors (Lipinski definition) is 1. The van der Waals surface area contributed by atoms with Gasteiger partial charge in [0.15, 0.2) is 0 Å². The highest BCUT2D eigenvalue weighted by Crippen LogP contribution is 2.31. The van der Waals surface area contributed by atoms with Crippen LogP contribution in [-0.4, -0.2) is 6.54 Å². The molecule has 0 bridgehead atoms. The Hall–Kier alpha value is -0.240. The molecule has 0 radical (unpaired) electrons. The first-order chi connectivity index (χ1) is 7.56. The molecule has 0 saturated carbocycles. The van der Waals surface area contributed by atoms with Gasteiger partial charge in [0, 0.05) is 6.04 Å². The monoisotopic (exact) mass is 259 g/mol. The second kappa shape index (κ2) is 6.48. The highest BCUT2D eigenvalue weighted by atomic mass is 35.5. The fourth-order valence-corrected chi connectivity index (χ4v) is 2.08. The molecule has 1 nitrogen and oxygen atoms in total. The molecule has 0 heterocycles. The van der Waals surface area contributed by atoms with Crippen LogP contribution < -0.4 is 5.32 Å². The van der Waals surface area contributed by atoms with Gasteiger partial charge < -0.3 is 5.32 Å². The van der Waals surface area contributed by atoms with Gasteiger partial charge in [-0.25, -0.2) is 0 Å². The molecule has 1 aromatic carbocycles. The number of nitrogens with one attached hydrogen (secondary N) is 1. The van der Waals surface area contributed by atoms with E-state index in [1.807, 2.05) is 18.2 Å². The second-order valence-corrected chi connectivity index (χ2v) is 5.19. The van der Waals surface area contributed by atoms with Crippen molar-refractivity contribution in [2.24, 2.45) is 5.92 Å². The first-order valence-electron chi connectivity index (χ1n) is 5.73. The Morgan fingerprint density at radius 2 is 1.94 bits per heavy atom. The van der Waals surface area contributed by atoms with Crippen molar-refractivity contribution in [2.45, 2.75) is 33.2 Å². The SMILES string of the molecule is CC[C@H](NCC(C)C)c1cccc(Cl)c1Cl. The lowest BCUT2D eigenvalue weighted by molar-refractivity contribution is 0.465. The number of hydrogen-bond donors (Lipinski definition) is 1. The average molecular weight is 260 g/mol. The topological polar surface area (TPSA) is 12.0 Å². The zero-order chi connectivity index (χ0) is 12.1. The van der Waals surface area contributed by atoms with Gasteiger partial charge in [-0.2, -0.15) is 0 Å². The van der Waals surface area contributed by atoms with E-state index in [2.05, 4.69) is 26.1 Å². The fraction of sp³-hybridized carbons (Fsp3) is 0.538. The third-order valence-electron chi connectivity index (χ3n) is 2.54. The van der Waals surface area contributed by atoms with Crippen molar-refractivity contribution in [3.8, 4) is 0 Å². The van der Waals surface area contributed by atoms with Crippen molar-refractivity contribution in [3.05, 3.63) is 33.8 Å². The zero-order valence-electron chi connectivity index (χ0n) is 10.1. The van der Waals surface area contributed by atoms with Crippen LogP contribution in [0.2, 0.25) is 10.0 Å². The molecule has 0 unspecified atom stereocenters. The van der Waals surface area contributed by atoms with E-state index in [0.717, 1.165) is 18.5 Å². The van der Waals surface area contributed by atoms with Gasteiger partial charge in [0.05, 0.1) is 10.0 Å². The maximum absolute atomic E-state index is 6.21. The molecule has 1 rings (SSSR count). The highest BCUT2D eigenvalue weighted by molar-refractivity contribution is 6.42. The minimum atomic E-state index is 0.286. The van der Waals surface area contributed by atoms with Crippen molar-refractivity contribution >= 4 is 23.2 Å². The van der Waals surface area contributed by atoms with Gasteiger partial charge in [0.25, 0.3) is 0 Å². The van der Waals surface area contributed by atoms with Gasteiger partial charge in [-0.3, -0.25) is 0 Å². The number of rotatable bonds is 5. The Balaban J connectivity index is 2.82. The molecule has 0 spiro atoms. The molecule has 0 aromatic heterocycles. The van der Waals surface area contributed by atoms with Crippen molar-refractivity contribution in [2.75, 3.05) is 6.54 Å². The van der Waals surface area contributed by atoms with E-state index >= 15 is 0 Å². The molecule has 0 aliphatic carbocycles. The Morgan fingerprint density at radius 3 is 2.50 bits per heavy atom. The molecule has 1 N–H and O–H groups in total. The summed E-state index contributed by atoms with van der Waals surface area (Å²) in [6.45, 7) is 7.52. The van der Waals surface area contributed by atoms with Crippen LogP contribution in [0, 0.1) is 5.92 Å². The van der Waals surface area contributed by atoms with E-state index in [-0.39, 0.29) is 6.04 Å². The summed E-state index contributed by atoms with van der Waals surface area (Å²) in [6.07, 6.45) is 1.01. The fourth-order valence-electron chi connectivity index (χ4n) is 1.64. The molecule has 90 valence electrons. The zero-order valence-corrected chi connectivity index (χ0v) is 11.6. The van der Waals surface area contributed by atoms with Crippen LogP contribution in [0.3, 0.4) is 0 Å². The minimum Gasteiger partial charge on any atom is -0.310 e. The summed E-state index contributed by atoms with van der Waals surface area (Å²) in [6, 6.07) is 6.09. The van der Waals surface area contributed by atoms with Gasteiger partial charge in [0.1, 0.15) is 0 Å². The predicted octanol–water partition coefficient (Wildman–Crippen LogP) is 4.69. The van der Waals surface area contributed by atoms with E-state index in [1.54, 1.807) is 0 Å². The first-order valence-corrected chi connectivity index (χ1v) is 6.49. The van der Waals surface area contributed by atoms with Crippen LogP contribution in [0.1, 0.15) is 38.8 Å². The normalized spacial score (nSPS) is 13.1. The van der Waals surface area contributed by atoms with Gasteiger partial charge >= 0.3 is 0 Å². The van der Waals surface area contributed by atoms with Crippen LogP contribution in [0.25, 0.3) is 0 Å². The standard InChI is InChI=1S/C13H19Cl2N/c1-4-12(16-8-9(2)3)10-6-5-7-11(14)13(10)15/h5-7,9,12,16H,4,8H2,1-3H3/t12-/m0/s1. The summed E-state index contributed by atoms with van der Waals surface area (Å²) in [5, 5.41) is 4.81. The Morgan fingerprint density at radius 1 is 1.25 bits per heavy atom. The van der Waals surface area contributed by atoms with Crippen molar-refractivity contribution in [1.82, 2.24) is 5.32 Å². The molecular formula is C13H19Cl2N. The van der Waals surface area contributed by atoms with Crippen LogP contribution >= 0.6 is 23.2 Å². The quantitative estimate of drug-likeness (QED) is 0.809. The highest BCUT2D eigenvalue weighted by Gasteiger charge is 2.14. The molecule has 3 heteroatoms. The van der Waals surface area contributed by atoms with Crippen molar-refractivity contribution in [3.63, 3.8) is 0 Å². The summed E-state index contributed by atoms with van der Waals surface area (Å²) >= 11 is 12.2. The van der Waals surface area contributed by atoms with Gasteiger partial charge in [-0.15, -0.1) is 0 Å². The molecule has 0 saturated heterocycles. The molecule has 0 aliphatic heterocycles. The average Bonchev–Trinajstić information content (AvgIpc) is 2.24. The maximum atomic E-state index is 6.21. The third-order valence-corrected chi connectivity index (χ3v) is 3.37. The van der Waals surface area contributed by atoms with Crippen LogP contribution in [0.4, 0.5) is 0 Å². The smallest absolute Gasteiger partial charge is 0.0640 e. The summed E-state index contributed by atoms with van der Waals surface area (Å²) in [7, 11) is 0. The van der Waals surface area contributed by atoms with E-state index in [1.165, 1.54) is 0 Å². The molecule has 0 amide bonds. The number of halogens is 2.